The van der Waals surface area contributed by atoms with Gasteiger partial charge in [-0.05, 0) is 55.9 Å². The maximum atomic E-state index is 11.8. The molecule has 0 spiro atoms. The Labute approximate surface area is 117 Å². The summed E-state index contributed by atoms with van der Waals surface area (Å²) in [5.74, 6) is 0.805. The van der Waals surface area contributed by atoms with Gasteiger partial charge in [0.1, 0.15) is 5.75 Å². The van der Waals surface area contributed by atoms with E-state index in [2.05, 4.69) is 10.6 Å². The fourth-order valence-corrected chi connectivity index (χ4v) is 2.45. The highest BCUT2D eigenvalue weighted by Crippen LogP contribution is 2.24. The monoisotopic (exact) mass is 276 g/mol. The van der Waals surface area contributed by atoms with E-state index in [9.17, 15) is 4.79 Å². The molecule has 1 heterocycles. The molecule has 4 nitrogen and oxygen atoms in total. The molecule has 100 valence electrons. The minimum Gasteiger partial charge on any atom is -0.497 e. The van der Waals surface area contributed by atoms with Crippen LogP contribution in [0.4, 0.5) is 0 Å². The summed E-state index contributed by atoms with van der Waals surface area (Å²) in [7, 11) is 1.62. The third-order valence-electron chi connectivity index (χ3n) is 3.05. The van der Waals surface area contributed by atoms with Gasteiger partial charge in [-0.1, -0.05) is 0 Å². The van der Waals surface area contributed by atoms with Crippen LogP contribution in [-0.2, 0) is 4.79 Å². The van der Waals surface area contributed by atoms with E-state index in [1.165, 1.54) is 0 Å². The number of ketones is 1. The molecule has 5 heteroatoms. The number of thiocarbonyl (C=S) groups is 1. The molecule has 1 atom stereocenters. The Morgan fingerprint density at radius 1 is 1.32 bits per heavy atom. The van der Waals surface area contributed by atoms with Crippen molar-refractivity contribution in [3.05, 3.63) is 35.4 Å². The third kappa shape index (κ3) is 2.76. The number of nitrogens with one attached hydrogen (secondary N) is 2. The first-order valence-electron chi connectivity index (χ1n) is 6.00. The Kier molecular flexibility index (Phi) is 3.85. The molecule has 0 amide bonds. The molecule has 0 fully saturated rings. The minimum atomic E-state index is -0.0941. The molecular formula is C14H16N2O2S. The number of Topliss-reactive ketones (excluding diaryl/α,β-unsaturated/α-hetero) is 1. The van der Waals surface area contributed by atoms with Gasteiger partial charge in [0.05, 0.1) is 18.8 Å². The summed E-state index contributed by atoms with van der Waals surface area (Å²) in [5, 5.41) is 6.65. The van der Waals surface area contributed by atoms with Crippen LogP contribution in [0.2, 0.25) is 0 Å². The van der Waals surface area contributed by atoms with Crippen molar-refractivity contribution in [3.8, 4) is 5.75 Å². The molecule has 0 radical (unpaired) electrons. The highest BCUT2D eigenvalue weighted by atomic mass is 32.1. The number of ether oxygens (including phenoxy) is 1. The van der Waals surface area contributed by atoms with Crippen molar-refractivity contribution >= 4 is 28.8 Å². The second-order valence-electron chi connectivity index (χ2n) is 4.39. The maximum absolute atomic E-state index is 11.8. The van der Waals surface area contributed by atoms with Crippen molar-refractivity contribution in [1.29, 1.82) is 0 Å². The normalized spacial score (nSPS) is 18.7. The predicted molar refractivity (Wildman–Crippen MR) is 78.9 cm³/mol. The van der Waals surface area contributed by atoms with Gasteiger partial charge in [-0.3, -0.25) is 4.79 Å². The van der Waals surface area contributed by atoms with Crippen LogP contribution in [0.5, 0.6) is 5.75 Å². The molecule has 1 aromatic rings. The summed E-state index contributed by atoms with van der Waals surface area (Å²) >= 11 is 5.16. The molecule has 0 aliphatic carbocycles. The Bertz CT molecular complexity index is 549. The standard InChI is InChI=1S/C14H16N2O2S/c1-8-12(9(2)17)13(16-14(19)15-8)10-4-6-11(18-3)7-5-10/h4-8H,1-3H3,(H2,15,16,19)/t8-/m1/s1. The van der Waals surface area contributed by atoms with Gasteiger partial charge in [0, 0.05) is 5.57 Å². The molecule has 0 saturated heterocycles. The topological polar surface area (TPSA) is 50.4 Å². The van der Waals surface area contributed by atoms with Crippen LogP contribution in [0.15, 0.2) is 29.8 Å². The molecule has 0 bridgehead atoms. The van der Waals surface area contributed by atoms with E-state index in [0.29, 0.717) is 10.7 Å². The van der Waals surface area contributed by atoms with Crippen molar-refractivity contribution in [1.82, 2.24) is 10.6 Å². The fraction of sp³-hybridized carbons (Fsp3) is 0.286. The summed E-state index contributed by atoms with van der Waals surface area (Å²) in [6.07, 6.45) is 0. The van der Waals surface area contributed by atoms with Crippen molar-refractivity contribution in [2.45, 2.75) is 19.9 Å². The number of methoxy groups -OCH3 is 1. The van der Waals surface area contributed by atoms with Crippen molar-refractivity contribution in [2.75, 3.05) is 7.11 Å². The highest BCUT2D eigenvalue weighted by Gasteiger charge is 2.25. The molecule has 2 N–H and O–H groups in total. The smallest absolute Gasteiger partial charge is 0.171 e. The Morgan fingerprint density at radius 3 is 2.47 bits per heavy atom. The second kappa shape index (κ2) is 5.40. The molecule has 0 saturated carbocycles. The Hall–Kier alpha value is -1.88. The Balaban J connectivity index is 2.50. The van der Waals surface area contributed by atoms with E-state index in [0.717, 1.165) is 17.0 Å². The summed E-state index contributed by atoms with van der Waals surface area (Å²) in [6, 6.07) is 7.44. The van der Waals surface area contributed by atoms with Crippen LogP contribution in [-0.4, -0.2) is 24.0 Å². The van der Waals surface area contributed by atoms with E-state index in [1.807, 2.05) is 31.2 Å². The SMILES string of the molecule is COc1ccc(C2=C(C(C)=O)[C@@H](C)NC(=S)N2)cc1. The van der Waals surface area contributed by atoms with E-state index in [4.69, 9.17) is 17.0 Å². The first kappa shape index (κ1) is 13.5. The molecule has 19 heavy (non-hydrogen) atoms. The van der Waals surface area contributed by atoms with Gasteiger partial charge in [0.25, 0.3) is 0 Å². The molecule has 0 unspecified atom stereocenters. The second-order valence-corrected chi connectivity index (χ2v) is 4.80. The summed E-state index contributed by atoms with van der Waals surface area (Å²) in [5.41, 5.74) is 2.40. The van der Waals surface area contributed by atoms with Crippen molar-refractivity contribution in [3.63, 3.8) is 0 Å². The average Bonchev–Trinajstić information content (AvgIpc) is 2.37. The largest absolute Gasteiger partial charge is 0.497 e. The molecular weight excluding hydrogens is 260 g/mol. The predicted octanol–water partition coefficient (Wildman–Crippen LogP) is 1.86. The zero-order valence-electron chi connectivity index (χ0n) is 11.1. The summed E-state index contributed by atoms with van der Waals surface area (Å²) in [6.45, 7) is 3.49. The Morgan fingerprint density at radius 2 is 1.95 bits per heavy atom. The molecule has 0 aromatic heterocycles. The number of benzene rings is 1. The lowest BCUT2D eigenvalue weighted by atomic mass is 9.96. The van der Waals surface area contributed by atoms with E-state index < -0.39 is 0 Å². The highest BCUT2D eigenvalue weighted by molar-refractivity contribution is 7.80. The number of carbonyl (C=O) groups is 1. The van der Waals surface area contributed by atoms with Gasteiger partial charge in [0.2, 0.25) is 0 Å². The fourth-order valence-electron chi connectivity index (χ4n) is 2.17. The number of rotatable bonds is 3. The molecule has 2 rings (SSSR count). The molecule has 1 aromatic carbocycles. The zero-order valence-corrected chi connectivity index (χ0v) is 11.9. The van der Waals surface area contributed by atoms with Crippen LogP contribution in [0.3, 0.4) is 0 Å². The number of carbonyl (C=O) groups excluding carboxylic acids is 1. The van der Waals surface area contributed by atoms with Crippen LogP contribution < -0.4 is 15.4 Å². The minimum absolute atomic E-state index is 0.0285. The molecule has 1 aliphatic heterocycles. The lowest BCUT2D eigenvalue weighted by Gasteiger charge is -2.28. The quantitative estimate of drug-likeness (QED) is 0.825. The summed E-state index contributed by atoms with van der Waals surface area (Å²) in [4.78, 5) is 11.8. The lowest BCUT2D eigenvalue weighted by molar-refractivity contribution is -0.113. The number of hydrogen-bond acceptors (Lipinski definition) is 3. The average molecular weight is 276 g/mol. The van der Waals surface area contributed by atoms with Gasteiger partial charge in [0.15, 0.2) is 10.9 Å². The lowest BCUT2D eigenvalue weighted by Crippen LogP contribution is -2.47. The number of hydrogen-bond donors (Lipinski definition) is 2. The summed E-state index contributed by atoms with van der Waals surface area (Å²) < 4.78 is 5.13. The van der Waals surface area contributed by atoms with Crippen LogP contribution in [0.1, 0.15) is 19.4 Å². The van der Waals surface area contributed by atoms with Gasteiger partial charge in [-0.25, -0.2) is 0 Å². The van der Waals surface area contributed by atoms with Crippen LogP contribution >= 0.6 is 12.2 Å². The van der Waals surface area contributed by atoms with Crippen molar-refractivity contribution in [2.24, 2.45) is 0 Å². The van der Waals surface area contributed by atoms with Crippen molar-refractivity contribution < 1.29 is 9.53 Å². The van der Waals surface area contributed by atoms with Gasteiger partial charge in [-0.2, -0.15) is 0 Å². The first-order chi connectivity index (χ1) is 9.02. The van der Waals surface area contributed by atoms with E-state index >= 15 is 0 Å². The van der Waals surface area contributed by atoms with Crippen LogP contribution in [0, 0.1) is 0 Å². The maximum Gasteiger partial charge on any atom is 0.171 e. The van der Waals surface area contributed by atoms with E-state index in [1.54, 1.807) is 14.0 Å². The zero-order chi connectivity index (χ0) is 14.0. The third-order valence-corrected chi connectivity index (χ3v) is 3.27. The van der Waals surface area contributed by atoms with Gasteiger partial charge in [-0.15, -0.1) is 0 Å². The van der Waals surface area contributed by atoms with Gasteiger partial charge < -0.3 is 15.4 Å². The van der Waals surface area contributed by atoms with E-state index in [-0.39, 0.29) is 11.8 Å². The van der Waals surface area contributed by atoms with Gasteiger partial charge >= 0.3 is 0 Å². The molecule has 1 aliphatic rings. The first-order valence-corrected chi connectivity index (χ1v) is 6.40. The van der Waals surface area contributed by atoms with Crippen LogP contribution in [0.25, 0.3) is 5.70 Å².